The second kappa shape index (κ2) is 10.6. The van der Waals surface area contributed by atoms with Gasteiger partial charge in [-0.1, -0.05) is 0 Å². The van der Waals surface area contributed by atoms with Crippen LogP contribution >= 0.6 is 0 Å². The summed E-state index contributed by atoms with van der Waals surface area (Å²) in [5.41, 5.74) is 0. The lowest BCUT2D eigenvalue weighted by Crippen LogP contribution is -2.06. The first-order chi connectivity index (χ1) is 7.66. The summed E-state index contributed by atoms with van der Waals surface area (Å²) in [7, 11) is 1.65. The Hall–Kier alpha value is -0.900. The molecule has 0 bridgehead atoms. The Kier molecular flexibility index (Phi) is 10.0. The van der Waals surface area contributed by atoms with Crippen LogP contribution in [0.1, 0.15) is 45.4 Å². The van der Waals surface area contributed by atoms with Crippen molar-refractivity contribution in [3.05, 3.63) is 0 Å². The Morgan fingerprint density at radius 3 is 2.19 bits per heavy atom. The van der Waals surface area contributed by atoms with Crippen molar-refractivity contribution in [1.82, 2.24) is 0 Å². The fraction of sp³-hybridized carbons (Fsp3) is 0.833. The standard InChI is InChI=1S/C12H22O4/c1-11(13)7-3-4-8-12(14)16-10-6-5-9-15-2/h3-10H2,1-2H3. The van der Waals surface area contributed by atoms with Crippen molar-refractivity contribution >= 4 is 11.8 Å². The fourth-order valence-corrected chi connectivity index (χ4v) is 1.25. The number of hydrogen-bond donors (Lipinski definition) is 0. The number of ketones is 1. The van der Waals surface area contributed by atoms with E-state index in [0.29, 0.717) is 26.1 Å². The van der Waals surface area contributed by atoms with Crippen LogP contribution < -0.4 is 0 Å². The van der Waals surface area contributed by atoms with Crippen LogP contribution in [-0.4, -0.2) is 32.1 Å². The molecule has 0 aliphatic heterocycles. The van der Waals surface area contributed by atoms with E-state index < -0.39 is 0 Å². The highest BCUT2D eigenvalue weighted by Crippen LogP contribution is 2.02. The average Bonchev–Trinajstić information content (AvgIpc) is 2.24. The first kappa shape index (κ1) is 15.1. The Bertz CT molecular complexity index is 201. The summed E-state index contributed by atoms with van der Waals surface area (Å²) in [6.07, 6.45) is 4.23. The molecule has 0 heterocycles. The normalized spacial score (nSPS) is 10.1. The number of hydrogen-bond acceptors (Lipinski definition) is 4. The third-order valence-electron chi connectivity index (χ3n) is 2.17. The predicted molar refractivity (Wildman–Crippen MR) is 61.2 cm³/mol. The SMILES string of the molecule is COCCCCOC(=O)CCCCC(C)=O. The van der Waals surface area contributed by atoms with Crippen molar-refractivity contribution in [2.24, 2.45) is 0 Å². The van der Waals surface area contributed by atoms with E-state index in [2.05, 4.69) is 0 Å². The molecule has 0 radical (unpaired) electrons. The van der Waals surface area contributed by atoms with Gasteiger partial charge in [0, 0.05) is 26.6 Å². The molecule has 0 rings (SSSR count). The van der Waals surface area contributed by atoms with Crippen molar-refractivity contribution < 1.29 is 19.1 Å². The van der Waals surface area contributed by atoms with Gasteiger partial charge >= 0.3 is 5.97 Å². The number of ether oxygens (including phenoxy) is 2. The molecule has 4 nitrogen and oxygen atoms in total. The summed E-state index contributed by atoms with van der Waals surface area (Å²) in [4.78, 5) is 21.8. The van der Waals surface area contributed by atoms with Gasteiger partial charge in [0.1, 0.15) is 5.78 Å². The third-order valence-corrected chi connectivity index (χ3v) is 2.17. The zero-order chi connectivity index (χ0) is 12.2. The van der Waals surface area contributed by atoms with Crippen molar-refractivity contribution in [2.45, 2.75) is 45.4 Å². The summed E-state index contributed by atoms with van der Waals surface area (Å²) < 4.78 is 9.89. The van der Waals surface area contributed by atoms with Crippen molar-refractivity contribution in [3.63, 3.8) is 0 Å². The van der Waals surface area contributed by atoms with Crippen LogP contribution in [0.15, 0.2) is 0 Å². The smallest absolute Gasteiger partial charge is 0.305 e. The highest BCUT2D eigenvalue weighted by Gasteiger charge is 2.02. The minimum atomic E-state index is -0.166. The maximum absolute atomic E-state index is 11.2. The van der Waals surface area contributed by atoms with E-state index in [0.717, 1.165) is 25.7 Å². The molecule has 0 atom stereocenters. The summed E-state index contributed by atoms with van der Waals surface area (Å²) in [5.74, 6) is 0.00824. The van der Waals surface area contributed by atoms with Gasteiger partial charge in [0.25, 0.3) is 0 Å². The van der Waals surface area contributed by atoms with Gasteiger partial charge in [-0.2, -0.15) is 0 Å². The fourth-order valence-electron chi connectivity index (χ4n) is 1.25. The summed E-state index contributed by atoms with van der Waals surface area (Å²) in [5, 5.41) is 0. The Balaban J connectivity index is 3.21. The zero-order valence-electron chi connectivity index (χ0n) is 10.3. The topological polar surface area (TPSA) is 52.6 Å². The van der Waals surface area contributed by atoms with Gasteiger partial charge in [-0.25, -0.2) is 0 Å². The molecule has 4 heteroatoms. The van der Waals surface area contributed by atoms with Gasteiger partial charge < -0.3 is 14.3 Å². The van der Waals surface area contributed by atoms with Crippen LogP contribution in [0.2, 0.25) is 0 Å². The quantitative estimate of drug-likeness (QED) is 0.426. The van der Waals surface area contributed by atoms with Crippen LogP contribution in [0.4, 0.5) is 0 Å². The number of methoxy groups -OCH3 is 1. The maximum atomic E-state index is 11.2. The van der Waals surface area contributed by atoms with Gasteiger partial charge in [0.05, 0.1) is 6.61 Å². The molecule has 0 aliphatic rings. The van der Waals surface area contributed by atoms with Gasteiger partial charge in [0.2, 0.25) is 0 Å². The second-order valence-electron chi connectivity index (χ2n) is 3.83. The van der Waals surface area contributed by atoms with Crippen molar-refractivity contribution in [2.75, 3.05) is 20.3 Å². The second-order valence-corrected chi connectivity index (χ2v) is 3.83. The molecule has 0 N–H and O–H groups in total. The lowest BCUT2D eigenvalue weighted by Gasteiger charge is -2.04. The van der Waals surface area contributed by atoms with Crippen LogP contribution in [0.3, 0.4) is 0 Å². The van der Waals surface area contributed by atoms with Crippen LogP contribution in [-0.2, 0) is 19.1 Å². The van der Waals surface area contributed by atoms with E-state index in [1.54, 1.807) is 14.0 Å². The molecule has 0 saturated heterocycles. The number of esters is 1. The average molecular weight is 230 g/mol. The molecule has 94 valence electrons. The largest absolute Gasteiger partial charge is 0.466 e. The highest BCUT2D eigenvalue weighted by atomic mass is 16.5. The van der Waals surface area contributed by atoms with Crippen molar-refractivity contribution in [3.8, 4) is 0 Å². The van der Waals surface area contributed by atoms with Gasteiger partial charge in [-0.05, 0) is 32.6 Å². The number of Topliss-reactive ketones (excluding diaryl/α,β-unsaturated/α-hetero) is 1. The Labute approximate surface area is 97.3 Å². The molecule has 0 saturated carbocycles. The number of carbonyl (C=O) groups is 2. The molecule has 0 aromatic heterocycles. The molecular weight excluding hydrogens is 208 g/mol. The molecule has 16 heavy (non-hydrogen) atoms. The van der Waals surface area contributed by atoms with E-state index in [1.807, 2.05) is 0 Å². The monoisotopic (exact) mass is 230 g/mol. The molecule has 0 unspecified atom stereocenters. The lowest BCUT2D eigenvalue weighted by molar-refractivity contribution is -0.144. The third kappa shape index (κ3) is 11.2. The van der Waals surface area contributed by atoms with Gasteiger partial charge in [-0.3, -0.25) is 4.79 Å². The van der Waals surface area contributed by atoms with Gasteiger partial charge in [0.15, 0.2) is 0 Å². The Morgan fingerprint density at radius 2 is 1.56 bits per heavy atom. The molecule has 0 aliphatic carbocycles. The summed E-state index contributed by atoms with van der Waals surface area (Å²) in [6, 6.07) is 0. The minimum Gasteiger partial charge on any atom is -0.466 e. The highest BCUT2D eigenvalue weighted by molar-refractivity contribution is 5.75. The van der Waals surface area contributed by atoms with E-state index >= 15 is 0 Å². The Morgan fingerprint density at radius 1 is 0.938 bits per heavy atom. The molecule has 0 fully saturated rings. The van der Waals surface area contributed by atoms with E-state index in [-0.39, 0.29) is 11.8 Å². The summed E-state index contributed by atoms with van der Waals surface area (Å²) in [6.45, 7) is 2.74. The molecule has 0 aromatic carbocycles. The number of unbranched alkanes of at least 4 members (excludes halogenated alkanes) is 2. The van der Waals surface area contributed by atoms with E-state index in [4.69, 9.17) is 9.47 Å². The van der Waals surface area contributed by atoms with E-state index in [1.165, 1.54) is 0 Å². The molecule has 0 spiro atoms. The minimum absolute atomic E-state index is 0.166. The number of rotatable bonds is 10. The van der Waals surface area contributed by atoms with Crippen LogP contribution in [0.5, 0.6) is 0 Å². The maximum Gasteiger partial charge on any atom is 0.305 e. The molecular formula is C12H22O4. The first-order valence-electron chi connectivity index (χ1n) is 5.81. The van der Waals surface area contributed by atoms with Gasteiger partial charge in [-0.15, -0.1) is 0 Å². The predicted octanol–water partition coefficient (Wildman–Crippen LogP) is 2.11. The van der Waals surface area contributed by atoms with Crippen LogP contribution in [0.25, 0.3) is 0 Å². The van der Waals surface area contributed by atoms with E-state index in [9.17, 15) is 9.59 Å². The van der Waals surface area contributed by atoms with Crippen LogP contribution in [0, 0.1) is 0 Å². The zero-order valence-corrected chi connectivity index (χ0v) is 10.3. The summed E-state index contributed by atoms with van der Waals surface area (Å²) >= 11 is 0. The number of carbonyl (C=O) groups excluding carboxylic acids is 2. The molecule has 0 aromatic rings. The lowest BCUT2D eigenvalue weighted by atomic mass is 10.1. The van der Waals surface area contributed by atoms with Crippen molar-refractivity contribution in [1.29, 1.82) is 0 Å². The molecule has 0 amide bonds. The first-order valence-corrected chi connectivity index (χ1v) is 5.81.